The molecule has 0 radical (unpaired) electrons. The Kier molecular flexibility index (Phi) is 5.23. The van der Waals surface area contributed by atoms with Crippen LogP contribution in [0.3, 0.4) is 0 Å². The quantitative estimate of drug-likeness (QED) is 0.655. The highest BCUT2D eigenvalue weighted by Crippen LogP contribution is 2.36. The van der Waals surface area contributed by atoms with Crippen LogP contribution in [0.1, 0.15) is 27.2 Å². The number of morpholine rings is 1. The van der Waals surface area contributed by atoms with Crippen LogP contribution in [0.15, 0.2) is 4.21 Å². The third-order valence-corrected chi connectivity index (χ3v) is 7.83. The average Bonchev–Trinajstić information content (AvgIpc) is 2.96. The van der Waals surface area contributed by atoms with E-state index < -0.39 is 16.0 Å². The lowest BCUT2D eigenvalue weighted by molar-refractivity contribution is -0.0132. The fourth-order valence-corrected chi connectivity index (χ4v) is 6.51. The molecule has 0 saturated carbocycles. The predicted molar refractivity (Wildman–Crippen MR) is 86.9 cm³/mol. The molecule has 0 bridgehead atoms. The van der Waals surface area contributed by atoms with E-state index in [1.807, 2.05) is 0 Å². The maximum atomic E-state index is 13.0. The van der Waals surface area contributed by atoms with E-state index in [4.69, 9.17) is 9.84 Å². The van der Waals surface area contributed by atoms with E-state index in [9.17, 15) is 18.3 Å². The minimum Gasteiger partial charge on any atom is -0.478 e. The van der Waals surface area contributed by atoms with E-state index in [1.54, 1.807) is 0 Å². The number of carboxylic acids is 1. The molecule has 134 valence electrons. The lowest BCUT2D eigenvalue weighted by Gasteiger charge is -2.31. The molecule has 2 aliphatic rings. The summed E-state index contributed by atoms with van der Waals surface area (Å²) in [6.07, 6.45) is 0.491. The SMILES string of the molecule is O=C(O)c1c(S(=O)(=O)N2CCO[C@H](CCO)C2)sc2c1CCNC2. The zero-order chi connectivity index (χ0) is 17.3. The number of hydrogen-bond acceptors (Lipinski definition) is 7. The van der Waals surface area contributed by atoms with Crippen molar-refractivity contribution in [1.82, 2.24) is 9.62 Å². The molecule has 0 aliphatic carbocycles. The number of ether oxygens (including phenoxy) is 1. The summed E-state index contributed by atoms with van der Waals surface area (Å²) in [5.74, 6) is -1.20. The van der Waals surface area contributed by atoms with Gasteiger partial charge in [-0.05, 0) is 24.9 Å². The Morgan fingerprint density at radius 2 is 2.25 bits per heavy atom. The topological polar surface area (TPSA) is 116 Å². The molecule has 0 spiro atoms. The number of thiophene rings is 1. The molecule has 0 amide bonds. The van der Waals surface area contributed by atoms with Crippen molar-refractivity contribution < 1.29 is 28.2 Å². The van der Waals surface area contributed by atoms with Crippen molar-refractivity contribution in [2.75, 3.05) is 32.8 Å². The first-order valence-electron chi connectivity index (χ1n) is 7.76. The Morgan fingerprint density at radius 1 is 1.46 bits per heavy atom. The molecule has 8 nitrogen and oxygen atoms in total. The van der Waals surface area contributed by atoms with Crippen molar-refractivity contribution in [3.63, 3.8) is 0 Å². The van der Waals surface area contributed by atoms with E-state index in [2.05, 4.69) is 5.32 Å². The average molecular weight is 376 g/mol. The predicted octanol–water partition coefficient (Wildman–Crippen LogP) is -0.136. The van der Waals surface area contributed by atoms with Gasteiger partial charge in [-0.1, -0.05) is 0 Å². The van der Waals surface area contributed by atoms with Crippen LogP contribution in [-0.2, 0) is 27.7 Å². The lowest BCUT2D eigenvalue weighted by atomic mass is 10.1. The van der Waals surface area contributed by atoms with Crippen LogP contribution >= 0.6 is 11.3 Å². The number of sulfonamides is 1. The van der Waals surface area contributed by atoms with Crippen LogP contribution < -0.4 is 5.32 Å². The molecule has 1 atom stereocenters. The molecule has 10 heteroatoms. The number of aromatic carboxylic acids is 1. The monoisotopic (exact) mass is 376 g/mol. The number of nitrogens with zero attached hydrogens (tertiary/aromatic N) is 1. The Balaban J connectivity index is 1.98. The summed E-state index contributed by atoms with van der Waals surface area (Å²) in [6.45, 7) is 1.59. The van der Waals surface area contributed by atoms with E-state index in [0.717, 1.165) is 16.2 Å². The molecule has 3 rings (SSSR count). The van der Waals surface area contributed by atoms with Gasteiger partial charge in [0.25, 0.3) is 10.0 Å². The third-order valence-electron chi connectivity index (χ3n) is 4.24. The first-order chi connectivity index (χ1) is 11.4. The zero-order valence-corrected chi connectivity index (χ0v) is 14.7. The number of nitrogens with one attached hydrogen (secondary N) is 1. The Morgan fingerprint density at radius 3 is 2.96 bits per heavy atom. The molecule has 0 unspecified atom stereocenters. The molecule has 2 aliphatic heterocycles. The van der Waals surface area contributed by atoms with E-state index in [-0.39, 0.29) is 42.2 Å². The minimum atomic E-state index is -3.90. The van der Waals surface area contributed by atoms with Gasteiger partial charge in [-0.15, -0.1) is 11.3 Å². The minimum absolute atomic E-state index is 0.0818. The van der Waals surface area contributed by atoms with Crippen molar-refractivity contribution in [3.05, 3.63) is 16.0 Å². The highest BCUT2D eigenvalue weighted by atomic mass is 32.2. The fraction of sp³-hybridized carbons (Fsp3) is 0.643. The van der Waals surface area contributed by atoms with Crippen LogP contribution in [0.4, 0.5) is 0 Å². The Labute approximate surface area is 144 Å². The van der Waals surface area contributed by atoms with Gasteiger partial charge < -0.3 is 20.3 Å². The van der Waals surface area contributed by atoms with E-state index >= 15 is 0 Å². The van der Waals surface area contributed by atoms with Gasteiger partial charge in [0.15, 0.2) is 0 Å². The molecule has 0 aromatic carbocycles. The molecule has 3 N–H and O–H groups in total. The molecule has 1 aromatic rings. The van der Waals surface area contributed by atoms with Gasteiger partial charge in [-0.3, -0.25) is 0 Å². The van der Waals surface area contributed by atoms with Crippen LogP contribution in [0.2, 0.25) is 0 Å². The van der Waals surface area contributed by atoms with E-state index in [1.165, 1.54) is 4.31 Å². The zero-order valence-electron chi connectivity index (χ0n) is 13.0. The Bertz CT molecular complexity index is 728. The lowest BCUT2D eigenvalue weighted by Crippen LogP contribution is -2.45. The molecule has 1 aromatic heterocycles. The van der Waals surface area contributed by atoms with Gasteiger partial charge in [0.05, 0.1) is 18.3 Å². The maximum Gasteiger partial charge on any atom is 0.338 e. The van der Waals surface area contributed by atoms with Crippen molar-refractivity contribution in [2.24, 2.45) is 0 Å². The molecule has 24 heavy (non-hydrogen) atoms. The number of carbonyl (C=O) groups is 1. The van der Waals surface area contributed by atoms with Gasteiger partial charge in [0.1, 0.15) is 4.21 Å². The summed E-state index contributed by atoms with van der Waals surface area (Å²) in [5, 5.41) is 21.7. The molecular formula is C14H20N2O6S2. The number of rotatable bonds is 5. The first kappa shape index (κ1) is 17.8. The number of fused-ring (bicyclic) bond motifs is 1. The summed E-state index contributed by atoms with van der Waals surface area (Å²) in [7, 11) is -3.90. The van der Waals surface area contributed by atoms with Crippen molar-refractivity contribution in [3.8, 4) is 0 Å². The third kappa shape index (κ3) is 3.22. The second kappa shape index (κ2) is 7.06. The second-order valence-electron chi connectivity index (χ2n) is 5.77. The molecule has 3 heterocycles. The van der Waals surface area contributed by atoms with Crippen LogP contribution in [0.25, 0.3) is 0 Å². The molecular weight excluding hydrogens is 356 g/mol. The number of aliphatic hydroxyl groups excluding tert-OH is 1. The number of carboxylic acid groups (broad SMARTS) is 1. The number of aliphatic hydroxyl groups is 1. The highest BCUT2D eigenvalue weighted by Gasteiger charge is 2.37. The van der Waals surface area contributed by atoms with Gasteiger partial charge in [-0.25, -0.2) is 13.2 Å². The summed E-state index contributed by atoms with van der Waals surface area (Å²) < 4.78 is 32.7. The number of hydrogen-bond donors (Lipinski definition) is 3. The van der Waals surface area contributed by atoms with Crippen molar-refractivity contribution in [1.29, 1.82) is 0 Å². The highest BCUT2D eigenvalue weighted by molar-refractivity contribution is 7.91. The molecule has 1 saturated heterocycles. The fourth-order valence-electron chi connectivity index (χ4n) is 3.05. The van der Waals surface area contributed by atoms with Crippen molar-refractivity contribution >= 4 is 27.3 Å². The summed E-state index contributed by atoms with van der Waals surface area (Å²) in [6, 6.07) is 0. The first-order valence-corrected chi connectivity index (χ1v) is 10.0. The summed E-state index contributed by atoms with van der Waals surface area (Å²) in [4.78, 5) is 12.5. The van der Waals surface area contributed by atoms with E-state index in [0.29, 0.717) is 31.5 Å². The summed E-state index contributed by atoms with van der Waals surface area (Å²) >= 11 is 1.04. The maximum absolute atomic E-state index is 13.0. The largest absolute Gasteiger partial charge is 0.478 e. The molecule has 1 fully saturated rings. The standard InChI is InChI=1S/C14H20N2O6S2/c17-5-2-9-8-16(4-6-22-9)24(20,21)14-12(13(18)19)10-1-3-15-7-11(10)23-14/h9,15,17H,1-8H2,(H,18,19)/t9-/m1/s1. The van der Waals surface area contributed by atoms with Gasteiger partial charge in [0.2, 0.25) is 0 Å². The van der Waals surface area contributed by atoms with Gasteiger partial charge in [0, 0.05) is 31.1 Å². The van der Waals surface area contributed by atoms with Crippen LogP contribution in [-0.4, -0.2) is 67.9 Å². The van der Waals surface area contributed by atoms with Crippen LogP contribution in [0.5, 0.6) is 0 Å². The normalized spacial score (nSPS) is 22.3. The Hall–Kier alpha value is -1.04. The van der Waals surface area contributed by atoms with Crippen molar-refractivity contribution in [2.45, 2.75) is 29.7 Å². The second-order valence-corrected chi connectivity index (χ2v) is 9.00. The van der Waals surface area contributed by atoms with Gasteiger partial charge >= 0.3 is 5.97 Å². The van der Waals surface area contributed by atoms with Crippen LogP contribution in [0, 0.1) is 0 Å². The summed E-state index contributed by atoms with van der Waals surface area (Å²) in [5.41, 5.74) is 0.548. The van der Waals surface area contributed by atoms with Gasteiger partial charge in [-0.2, -0.15) is 4.31 Å². The smallest absolute Gasteiger partial charge is 0.338 e.